The quantitative estimate of drug-likeness (QED) is 0.572. The van der Waals surface area contributed by atoms with Crippen molar-refractivity contribution in [1.82, 2.24) is 0 Å². The van der Waals surface area contributed by atoms with Gasteiger partial charge >= 0.3 is 5.97 Å². The number of carbonyl (C=O) groups excluding carboxylic acids is 1. The number of hydrogen-bond donors (Lipinski definition) is 0. The molecule has 0 aliphatic heterocycles. The zero-order valence-electron chi connectivity index (χ0n) is 10.8. The van der Waals surface area contributed by atoms with Crippen molar-refractivity contribution in [2.24, 2.45) is 0 Å². The molecule has 0 saturated carbocycles. The van der Waals surface area contributed by atoms with Gasteiger partial charge in [-0.05, 0) is 31.7 Å². The van der Waals surface area contributed by atoms with Crippen molar-refractivity contribution >= 4 is 5.97 Å². The lowest BCUT2D eigenvalue weighted by Gasteiger charge is -2.09. The van der Waals surface area contributed by atoms with E-state index in [1.807, 2.05) is 6.08 Å². The zero-order valence-corrected chi connectivity index (χ0v) is 10.8. The van der Waals surface area contributed by atoms with Gasteiger partial charge in [-0.15, -0.1) is 0 Å². The fraction of sp³-hybridized carbons (Fsp3) is 0.400. The Bertz CT molecular complexity index is 376. The summed E-state index contributed by atoms with van der Waals surface area (Å²) in [6.45, 7) is 6.46. The maximum Gasteiger partial charge on any atom is 0.330 e. The largest absolute Gasteiger partial charge is 0.463 e. The molecule has 0 spiro atoms. The standard InChI is InChI=1S/C15H20O2/c1-4-17-15(16)7-5-6-13(3)14-10-8-12(2)9-11-14/h5,7-11,13H,4,6H2,1-3H3/b7-5+. The maximum absolute atomic E-state index is 11.1. The Labute approximate surface area is 103 Å². The molecule has 0 aliphatic rings. The van der Waals surface area contributed by atoms with Crippen molar-refractivity contribution in [2.45, 2.75) is 33.1 Å². The molecule has 0 fully saturated rings. The van der Waals surface area contributed by atoms with Crippen LogP contribution in [0.4, 0.5) is 0 Å². The van der Waals surface area contributed by atoms with Crippen molar-refractivity contribution in [3.63, 3.8) is 0 Å². The third kappa shape index (κ3) is 4.85. The highest BCUT2D eigenvalue weighted by Gasteiger charge is 2.03. The van der Waals surface area contributed by atoms with Crippen LogP contribution in [0.25, 0.3) is 0 Å². The Morgan fingerprint density at radius 3 is 2.59 bits per heavy atom. The molecule has 92 valence electrons. The van der Waals surface area contributed by atoms with E-state index in [2.05, 4.69) is 38.1 Å². The second-order valence-corrected chi connectivity index (χ2v) is 4.20. The Hall–Kier alpha value is -1.57. The van der Waals surface area contributed by atoms with Crippen LogP contribution < -0.4 is 0 Å². The number of allylic oxidation sites excluding steroid dienone is 1. The molecule has 1 rings (SSSR count). The molecule has 2 heteroatoms. The molecular weight excluding hydrogens is 212 g/mol. The molecule has 0 aromatic heterocycles. The van der Waals surface area contributed by atoms with E-state index in [1.54, 1.807) is 6.92 Å². The summed E-state index contributed by atoms with van der Waals surface area (Å²) in [5.41, 5.74) is 2.56. The molecule has 2 nitrogen and oxygen atoms in total. The van der Waals surface area contributed by atoms with E-state index >= 15 is 0 Å². The second kappa shape index (κ2) is 6.89. The van der Waals surface area contributed by atoms with Crippen LogP contribution in [0, 0.1) is 6.92 Å². The highest BCUT2D eigenvalue weighted by atomic mass is 16.5. The molecule has 0 saturated heterocycles. The number of esters is 1. The number of aryl methyl sites for hydroxylation is 1. The number of hydrogen-bond acceptors (Lipinski definition) is 2. The Kier molecular flexibility index (Phi) is 5.47. The lowest BCUT2D eigenvalue weighted by Crippen LogP contribution is -1.99. The van der Waals surface area contributed by atoms with Gasteiger partial charge in [0.05, 0.1) is 6.61 Å². The summed E-state index contributed by atoms with van der Waals surface area (Å²) in [5.74, 6) is 0.157. The van der Waals surface area contributed by atoms with Crippen LogP contribution in [-0.2, 0) is 9.53 Å². The monoisotopic (exact) mass is 232 g/mol. The fourth-order valence-electron chi connectivity index (χ4n) is 1.59. The minimum Gasteiger partial charge on any atom is -0.463 e. The zero-order chi connectivity index (χ0) is 12.7. The van der Waals surface area contributed by atoms with Gasteiger partial charge in [-0.1, -0.05) is 42.8 Å². The van der Waals surface area contributed by atoms with E-state index in [0.29, 0.717) is 12.5 Å². The Morgan fingerprint density at radius 2 is 2.00 bits per heavy atom. The van der Waals surface area contributed by atoms with Gasteiger partial charge in [-0.25, -0.2) is 4.79 Å². The molecular formula is C15H20O2. The summed E-state index contributed by atoms with van der Waals surface area (Å²) >= 11 is 0. The predicted molar refractivity (Wildman–Crippen MR) is 70.0 cm³/mol. The van der Waals surface area contributed by atoms with Crippen LogP contribution in [0.15, 0.2) is 36.4 Å². The summed E-state index contributed by atoms with van der Waals surface area (Å²) in [7, 11) is 0. The Morgan fingerprint density at radius 1 is 1.35 bits per heavy atom. The van der Waals surface area contributed by atoms with Gasteiger partial charge in [0.1, 0.15) is 0 Å². The SMILES string of the molecule is CCOC(=O)/C=C/CC(C)c1ccc(C)cc1. The van der Waals surface area contributed by atoms with Crippen LogP contribution >= 0.6 is 0 Å². The van der Waals surface area contributed by atoms with Gasteiger partial charge in [0, 0.05) is 6.08 Å². The predicted octanol–water partition coefficient (Wildman–Crippen LogP) is 3.61. The molecule has 1 aromatic carbocycles. The van der Waals surface area contributed by atoms with Gasteiger partial charge in [0.25, 0.3) is 0 Å². The van der Waals surface area contributed by atoms with Crippen molar-refractivity contribution in [3.8, 4) is 0 Å². The number of carbonyl (C=O) groups is 1. The summed E-state index contributed by atoms with van der Waals surface area (Å²) in [4.78, 5) is 11.1. The average molecular weight is 232 g/mol. The highest BCUT2D eigenvalue weighted by Crippen LogP contribution is 2.19. The first-order chi connectivity index (χ1) is 8.13. The molecule has 0 radical (unpaired) electrons. The second-order valence-electron chi connectivity index (χ2n) is 4.20. The molecule has 0 bridgehead atoms. The van der Waals surface area contributed by atoms with Crippen molar-refractivity contribution < 1.29 is 9.53 Å². The summed E-state index contributed by atoms with van der Waals surface area (Å²) in [6.07, 6.45) is 4.23. The number of ether oxygens (including phenoxy) is 1. The van der Waals surface area contributed by atoms with Gasteiger partial charge in [-0.3, -0.25) is 0 Å². The average Bonchev–Trinajstić information content (AvgIpc) is 2.30. The van der Waals surface area contributed by atoms with Crippen LogP contribution in [-0.4, -0.2) is 12.6 Å². The van der Waals surface area contributed by atoms with E-state index in [-0.39, 0.29) is 5.97 Å². The number of benzene rings is 1. The van der Waals surface area contributed by atoms with Crippen LogP contribution in [0.5, 0.6) is 0 Å². The molecule has 0 aliphatic carbocycles. The highest BCUT2D eigenvalue weighted by molar-refractivity contribution is 5.81. The van der Waals surface area contributed by atoms with E-state index in [0.717, 1.165) is 6.42 Å². The first-order valence-electron chi connectivity index (χ1n) is 6.03. The molecule has 1 atom stereocenters. The molecule has 0 heterocycles. The van der Waals surface area contributed by atoms with Crippen LogP contribution in [0.2, 0.25) is 0 Å². The third-order valence-electron chi connectivity index (χ3n) is 2.68. The first-order valence-corrected chi connectivity index (χ1v) is 6.03. The van der Waals surface area contributed by atoms with Gasteiger partial charge in [0.15, 0.2) is 0 Å². The van der Waals surface area contributed by atoms with E-state index in [1.165, 1.54) is 17.2 Å². The van der Waals surface area contributed by atoms with Crippen molar-refractivity contribution in [2.75, 3.05) is 6.61 Å². The molecule has 0 N–H and O–H groups in total. The lowest BCUT2D eigenvalue weighted by atomic mass is 9.97. The van der Waals surface area contributed by atoms with E-state index in [4.69, 9.17) is 4.74 Å². The van der Waals surface area contributed by atoms with Gasteiger partial charge in [-0.2, -0.15) is 0 Å². The first kappa shape index (κ1) is 13.5. The van der Waals surface area contributed by atoms with Crippen LogP contribution in [0.3, 0.4) is 0 Å². The molecule has 1 unspecified atom stereocenters. The number of rotatable bonds is 5. The summed E-state index contributed by atoms with van der Waals surface area (Å²) < 4.78 is 4.82. The lowest BCUT2D eigenvalue weighted by molar-refractivity contribution is -0.137. The Balaban J connectivity index is 2.47. The van der Waals surface area contributed by atoms with Crippen LogP contribution in [0.1, 0.15) is 37.3 Å². The minimum atomic E-state index is -0.261. The van der Waals surface area contributed by atoms with Crippen molar-refractivity contribution in [1.29, 1.82) is 0 Å². The third-order valence-corrected chi connectivity index (χ3v) is 2.68. The molecule has 1 aromatic rings. The maximum atomic E-state index is 11.1. The topological polar surface area (TPSA) is 26.3 Å². The molecule has 0 amide bonds. The normalized spacial score (nSPS) is 12.6. The summed E-state index contributed by atoms with van der Waals surface area (Å²) in [6, 6.07) is 8.50. The van der Waals surface area contributed by atoms with E-state index < -0.39 is 0 Å². The van der Waals surface area contributed by atoms with Gasteiger partial charge < -0.3 is 4.74 Å². The smallest absolute Gasteiger partial charge is 0.330 e. The molecule has 17 heavy (non-hydrogen) atoms. The van der Waals surface area contributed by atoms with E-state index in [9.17, 15) is 4.79 Å². The minimum absolute atomic E-state index is 0.261. The summed E-state index contributed by atoms with van der Waals surface area (Å²) in [5, 5.41) is 0. The fourth-order valence-corrected chi connectivity index (χ4v) is 1.59. The van der Waals surface area contributed by atoms with Crippen molar-refractivity contribution in [3.05, 3.63) is 47.5 Å². The van der Waals surface area contributed by atoms with Gasteiger partial charge in [0.2, 0.25) is 0 Å².